The van der Waals surface area contributed by atoms with E-state index in [1.807, 2.05) is 87.4 Å². The van der Waals surface area contributed by atoms with Gasteiger partial charge in [-0.2, -0.15) is 0 Å². The Morgan fingerprint density at radius 3 is 0.769 bits per heavy atom. The van der Waals surface area contributed by atoms with Gasteiger partial charge in [-0.15, -0.1) is 0 Å². The van der Waals surface area contributed by atoms with Gasteiger partial charge in [0, 0.05) is 0 Å². The molecule has 0 N–H and O–H groups in total. The molecule has 0 heterocycles. The Balaban J connectivity index is -0.0000000511. The molecule has 0 saturated heterocycles. The summed E-state index contributed by atoms with van der Waals surface area (Å²) in [6.07, 6.45) is 0. The Kier molecular flexibility index (Phi) is 66.3. The van der Waals surface area contributed by atoms with E-state index < -0.39 is 0 Å². The lowest BCUT2D eigenvalue weighted by Crippen LogP contribution is -1.74. The van der Waals surface area contributed by atoms with Gasteiger partial charge in [0.2, 0.25) is 0 Å². The summed E-state index contributed by atoms with van der Waals surface area (Å²) in [5.41, 5.74) is 4.06. The first-order valence-electron chi connectivity index (χ1n) is 10.2. The van der Waals surface area contributed by atoms with Gasteiger partial charge in [0.15, 0.2) is 0 Å². The van der Waals surface area contributed by atoms with Crippen molar-refractivity contribution in [3.8, 4) is 0 Å². The van der Waals surface area contributed by atoms with Crippen LogP contribution in [0.4, 0.5) is 0 Å². The van der Waals surface area contributed by atoms with Gasteiger partial charge < -0.3 is 0 Å². The zero-order valence-corrected chi connectivity index (χ0v) is 19.7. The second-order valence-electron chi connectivity index (χ2n) is 3.74. The van der Waals surface area contributed by atoms with Gasteiger partial charge in [0.05, 0.1) is 0 Å². The number of hydrogen-bond donors (Lipinski definition) is 0. The van der Waals surface area contributed by atoms with E-state index in [2.05, 4.69) is 57.2 Å². The highest BCUT2D eigenvalue weighted by Crippen LogP contribution is 2.02. The van der Waals surface area contributed by atoms with Crippen LogP contribution in [0, 0.1) is 20.8 Å². The van der Waals surface area contributed by atoms with Crippen molar-refractivity contribution in [1.29, 1.82) is 0 Å². The molecule has 0 atom stereocenters. The van der Waals surface area contributed by atoms with Crippen molar-refractivity contribution in [3.63, 3.8) is 0 Å². The van der Waals surface area contributed by atoms with Gasteiger partial charge in [-0.05, 0) is 31.9 Å². The number of hydrogen-bond acceptors (Lipinski definition) is 0. The van der Waals surface area contributed by atoms with Crippen molar-refractivity contribution in [2.75, 3.05) is 0 Å². The highest BCUT2D eigenvalue weighted by atomic mass is 13.9. The Morgan fingerprint density at radius 1 is 0.385 bits per heavy atom. The van der Waals surface area contributed by atoms with E-state index in [1.165, 1.54) is 16.7 Å². The molecular weight excluding hydrogens is 312 g/mol. The third kappa shape index (κ3) is 33.9. The first-order chi connectivity index (χ1) is 12.2. The molecule has 0 radical (unpaired) electrons. The summed E-state index contributed by atoms with van der Waals surface area (Å²) in [5, 5.41) is 0. The Hall–Kier alpha value is -1.56. The average molecular weight is 365 g/mol. The monoisotopic (exact) mass is 364 g/mol. The maximum absolute atomic E-state index is 2.12. The molecule has 0 unspecified atom stereocenters. The third-order valence-corrected chi connectivity index (χ3v) is 2.37. The number of rotatable bonds is 0. The molecule has 0 aliphatic heterocycles. The van der Waals surface area contributed by atoms with E-state index in [0.29, 0.717) is 0 Å². The number of aryl methyl sites for hydroxylation is 3. The summed E-state index contributed by atoms with van der Waals surface area (Å²) in [6.45, 7) is 26.3. The van der Waals surface area contributed by atoms with Crippen LogP contribution in [0.3, 0.4) is 0 Å². The molecule has 0 saturated carbocycles. The fourth-order valence-corrected chi connectivity index (χ4v) is 1.20. The minimum atomic E-state index is 0. The van der Waals surface area contributed by atoms with Gasteiger partial charge in [0.25, 0.3) is 0 Å². The molecule has 0 nitrogen and oxygen atoms in total. The van der Waals surface area contributed by atoms with Crippen LogP contribution >= 0.6 is 0 Å². The van der Waals surface area contributed by atoms with E-state index in [9.17, 15) is 0 Å². The zero-order valence-electron chi connectivity index (χ0n) is 19.7. The quantitative estimate of drug-likeness (QED) is 0.436. The van der Waals surface area contributed by atoms with Crippen LogP contribution < -0.4 is 0 Å². The highest BCUT2D eigenvalue weighted by Gasteiger charge is 1.83. The Morgan fingerprint density at radius 2 is 0.615 bits per heavy atom. The van der Waals surface area contributed by atoms with Crippen LogP contribution in [0.2, 0.25) is 0 Å². The van der Waals surface area contributed by atoms with Crippen LogP contribution in [0.25, 0.3) is 0 Å². The van der Waals surface area contributed by atoms with Crippen LogP contribution in [0.1, 0.15) is 93.4 Å². The predicted molar refractivity (Wildman–Crippen MR) is 131 cm³/mol. The Bertz CT molecular complexity index is 367. The maximum Gasteiger partial charge on any atom is -0.0395 e. The van der Waals surface area contributed by atoms with Gasteiger partial charge in [-0.25, -0.2) is 0 Å². The fraction of sp³-hybridized carbons (Fsp3) is 0.538. The van der Waals surface area contributed by atoms with Gasteiger partial charge in [-0.3, -0.25) is 0 Å². The Labute approximate surface area is 169 Å². The molecule has 0 bridgehead atoms. The molecule has 0 aliphatic carbocycles. The number of benzene rings is 2. The minimum absolute atomic E-state index is 0. The second kappa shape index (κ2) is 43.7. The molecule has 0 aliphatic rings. The van der Waals surface area contributed by atoms with E-state index in [-0.39, 0.29) is 7.43 Å². The molecule has 0 amide bonds. The van der Waals surface area contributed by atoms with Crippen LogP contribution in [-0.2, 0) is 0 Å². The summed E-state index contributed by atoms with van der Waals surface area (Å²) >= 11 is 0. The summed E-state index contributed by atoms with van der Waals surface area (Å²) in [7, 11) is 0. The molecule has 0 spiro atoms. The second-order valence-corrected chi connectivity index (χ2v) is 3.74. The fourth-order valence-electron chi connectivity index (χ4n) is 1.20. The minimum Gasteiger partial charge on any atom is -0.0776 e. The maximum atomic E-state index is 2.12. The normalized spacial score (nSPS) is 6.35. The van der Waals surface area contributed by atoms with Crippen molar-refractivity contribution < 1.29 is 0 Å². The summed E-state index contributed by atoms with van der Waals surface area (Å²) in [6, 6.07) is 18.6. The summed E-state index contributed by atoms with van der Waals surface area (Å²) in [4.78, 5) is 0. The van der Waals surface area contributed by atoms with E-state index >= 15 is 0 Å². The lowest BCUT2D eigenvalue weighted by Gasteiger charge is -1.93. The van der Waals surface area contributed by atoms with E-state index in [1.54, 1.807) is 0 Å². The molecule has 0 aromatic heterocycles. The predicted octanol–water partition coefficient (Wildman–Crippen LogP) is 10.1. The lowest BCUT2D eigenvalue weighted by atomic mass is 10.1. The molecule has 0 heteroatoms. The standard InChI is InChI=1S/C8H10.C7H8.5C2H6.CH4/c1-7-5-3-4-6-8(7)2;1-7-5-3-2-4-6-7;5*1-2;/h3-6H,1-2H3;2-6H,1H3;5*1-2H3;1H4. The van der Waals surface area contributed by atoms with Gasteiger partial charge in [-0.1, -0.05) is 137 Å². The van der Waals surface area contributed by atoms with Crippen molar-refractivity contribution >= 4 is 0 Å². The molecule has 2 aromatic rings. The SMILES string of the molecule is C.CC.CC.CC.CC.CC.Cc1ccccc1.Cc1ccccc1C. The first-order valence-corrected chi connectivity index (χ1v) is 10.2. The van der Waals surface area contributed by atoms with Crippen molar-refractivity contribution in [1.82, 2.24) is 0 Å². The van der Waals surface area contributed by atoms with E-state index in [4.69, 9.17) is 0 Å². The highest BCUT2D eigenvalue weighted by molar-refractivity contribution is 5.23. The first kappa shape index (κ1) is 39.5. The zero-order chi connectivity index (χ0) is 21.1. The van der Waals surface area contributed by atoms with Crippen molar-refractivity contribution in [2.45, 2.75) is 97.4 Å². The summed E-state index contributed by atoms with van der Waals surface area (Å²) < 4.78 is 0. The van der Waals surface area contributed by atoms with Crippen molar-refractivity contribution in [3.05, 3.63) is 71.3 Å². The summed E-state index contributed by atoms with van der Waals surface area (Å²) in [5.74, 6) is 0. The van der Waals surface area contributed by atoms with Gasteiger partial charge >= 0.3 is 0 Å². The third-order valence-electron chi connectivity index (χ3n) is 2.37. The van der Waals surface area contributed by atoms with Gasteiger partial charge in [0.1, 0.15) is 0 Å². The molecule has 26 heavy (non-hydrogen) atoms. The lowest BCUT2D eigenvalue weighted by molar-refractivity contribution is 1.34. The van der Waals surface area contributed by atoms with Crippen LogP contribution in [0.15, 0.2) is 54.6 Å². The van der Waals surface area contributed by atoms with Crippen molar-refractivity contribution in [2.24, 2.45) is 0 Å². The molecule has 156 valence electrons. The van der Waals surface area contributed by atoms with E-state index in [0.717, 1.165) is 0 Å². The topological polar surface area (TPSA) is 0 Å². The molecule has 0 fully saturated rings. The average Bonchev–Trinajstić information content (AvgIpc) is 2.73. The molecule has 2 rings (SSSR count). The molecule has 2 aromatic carbocycles. The smallest absolute Gasteiger partial charge is 0.0395 e. The van der Waals surface area contributed by atoms with Crippen LogP contribution in [0.5, 0.6) is 0 Å². The largest absolute Gasteiger partial charge is 0.0776 e. The van der Waals surface area contributed by atoms with Crippen LogP contribution in [-0.4, -0.2) is 0 Å². The molecular formula is C26H52.